The van der Waals surface area contributed by atoms with Crippen molar-refractivity contribution < 1.29 is 4.74 Å². The molecule has 1 N–H and O–H groups in total. The first-order chi connectivity index (χ1) is 9.85. The van der Waals surface area contributed by atoms with E-state index in [-0.39, 0.29) is 5.92 Å². The Balaban J connectivity index is 2.17. The van der Waals surface area contributed by atoms with E-state index in [1.807, 2.05) is 30.3 Å². The van der Waals surface area contributed by atoms with Crippen molar-refractivity contribution in [2.24, 2.45) is 0 Å². The zero-order chi connectivity index (χ0) is 13.9. The number of aromatic nitrogens is 1. The first kappa shape index (κ1) is 12.5. The van der Waals surface area contributed by atoms with Crippen molar-refractivity contribution in [3.63, 3.8) is 0 Å². The van der Waals surface area contributed by atoms with Crippen LogP contribution in [0.1, 0.15) is 17.0 Å². The van der Waals surface area contributed by atoms with Gasteiger partial charge in [0.2, 0.25) is 0 Å². The lowest BCUT2D eigenvalue weighted by Gasteiger charge is -2.16. The van der Waals surface area contributed by atoms with Gasteiger partial charge in [-0.05, 0) is 17.7 Å². The Labute approximate surface area is 118 Å². The second kappa shape index (κ2) is 5.25. The quantitative estimate of drug-likeness (QED) is 0.689. The molecule has 0 amide bonds. The molecule has 3 rings (SSSR count). The number of methoxy groups -OCH3 is 1. The Bertz CT molecular complexity index is 742. The van der Waals surface area contributed by atoms with Gasteiger partial charge >= 0.3 is 0 Å². The van der Waals surface area contributed by atoms with Crippen LogP contribution < -0.4 is 4.74 Å². The van der Waals surface area contributed by atoms with Crippen molar-refractivity contribution in [1.82, 2.24) is 4.98 Å². The van der Waals surface area contributed by atoms with Crippen LogP contribution in [0, 0.1) is 0 Å². The minimum atomic E-state index is 0.113. The number of rotatable bonds is 4. The van der Waals surface area contributed by atoms with Gasteiger partial charge in [0.25, 0.3) is 0 Å². The van der Waals surface area contributed by atoms with E-state index in [0.29, 0.717) is 0 Å². The fraction of sp³-hybridized carbons (Fsp3) is 0.111. The summed E-state index contributed by atoms with van der Waals surface area (Å²) in [7, 11) is 1.70. The highest BCUT2D eigenvalue weighted by Crippen LogP contribution is 2.35. The molecular weight excluding hydrogens is 246 g/mol. The highest BCUT2D eigenvalue weighted by molar-refractivity contribution is 5.84. The predicted molar refractivity (Wildman–Crippen MR) is 83.3 cm³/mol. The van der Waals surface area contributed by atoms with Crippen LogP contribution in [-0.4, -0.2) is 12.1 Å². The monoisotopic (exact) mass is 263 g/mol. The van der Waals surface area contributed by atoms with Crippen molar-refractivity contribution in [2.75, 3.05) is 7.11 Å². The smallest absolute Gasteiger partial charge is 0.122 e. The molecule has 0 saturated heterocycles. The summed E-state index contributed by atoms with van der Waals surface area (Å²) in [6.07, 6.45) is 4.02. The molecule has 0 aliphatic rings. The average molecular weight is 263 g/mol. The minimum Gasteiger partial charge on any atom is -0.496 e. The third kappa shape index (κ3) is 1.99. The lowest BCUT2D eigenvalue weighted by Crippen LogP contribution is -1.99. The number of para-hydroxylation sites is 2. The molecule has 1 atom stereocenters. The number of fused-ring (bicyclic) bond motifs is 1. The van der Waals surface area contributed by atoms with Gasteiger partial charge in [0.1, 0.15) is 5.75 Å². The molecule has 0 fully saturated rings. The fourth-order valence-corrected chi connectivity index (χ4v) is 2.70. The van der Waals surface area contributed by atoms with E-state index in [4.69, 9.17) is 4.74 Å². The molecule has 0 aliphatic heterocycles. The maximum Gasteiger partial charge on any atom is 0.122 e. The Morgan fingerprint density at radius 2 is 1.80 bits per heavy atom. The van der Waals surface area contributed by atoms with Gasteiger partial charge in [0, 0.05) is 28.6 Å². The molecule has 1 heterocycles. The van der Waals surface area contributed by atoms with E-state index < -0.39 is 0 Å². The largest absolute Gasteiger partial charge is 0.496 e. The zero-order valence-electron chi connectivity index (χ0n) is 11.5. The van der Waals surface area contributed by atoms with E-state index in [1.54, 1.807) is 7.11 Å². The fourth-order valence-electron chi connectivity index (χ4n) is 2.70. The van der Waals surface area contributed by atoms with Crippen molar-refractivity contribution in [3.05, 3.63) is 78.5 Å². The molecule has 0 unspecified atom stereocenters. The lowest BCUT2D eigenvalue weighted by atomic mass is 9.90. The van der Waals surface area contributed by atoms with Gasteiger partial charge in [0.15, 0.2) is 0 Å². The van der Waals surface area contributed by atoms with Crippen LogP contribution in [0.5, 0.6) is 5.75 Å². The molecule has 0 aliphatic carbocycles. The second-order valence-corrected chi connectivity index (χ2v) is 4.74. The first-order valence-corrected chi connectivity index (χ1v) is 6.66. The third-order valence-corrected chi connectivity index (χ3v) is 3.67. The summed E-state index contributed by atoms with van der Waals surface area (Å²) in [5, 5.41) is 1.23. The van der Waals surface area contributed by atoms with E-state index in [1.165, 1.54) is 10.9 Å². The van der Waals surface area contributed by atoms with Crippen LogP contribution in [0.25, 0.3) is 10.9 Å². The highest BCUT2D eigenvalue weighted by atomic mass is 16.5. The molecule has 0 spiro atoms. The average Bonchev–Trinajstić information content (AvgIpc) is 2.93. The van der Waals surface area contributed by atoms with Gasteiger partial charge in [-0.1, -0.05) is 42.5 Å². The van der Waals surface area contributed by atoms with Crippen LogP contribution in [0.15, 0.2) is 67.4 Å². The number of hydrogen-bond acceptors (Lipinski definition) is 1. The SMILES string of the molecule is C=C[C@@H](c1ccccc1OC)c1c[nH]c2ccccc12. The normalized spacial score (nSPS) is 12.2. The highest BCUT2D eigenvalue weighted by Gasteiger charge is 2.17. The zero-order valence-corrected chi connectivity index (χ0v) is 11.5. The summed E-state index contributed by atoms with van der Waals surface area (Å²) in [4.78, 5) is 3.32. The summed E-state index contributed by atoms with van der Waals surface area (Å²) in [6, 6.07) is 16.4. The lowest BCUT2D eigenvalue weighted by molar-refractivity contribution is 0.409. The maximum atomic E-state index is 5.48. The van der Waals surface area contributed by atoms with E-state index in [2.05, 4.69) is 42.0 Å². The molecule has 0 radical (unpaired) electrons. The summed E-state index contributed by atoms with van der Waals surface area (Å²) < 4.78 is 5.48. The Morgan fingerprint density at radius 1 is 1.05 bits per heavy atom. The van der Waals surface area contributed by atoms with Gasteiger partial charge in [-0.15, -0.1) is 6.58 Å². The van der Waals surface area contributed by atoms with Crippen molar-refractivity contribution in [1.29, 1.82) is 0 Å². The van der Waals surface area contributed by atoms with Crippen LogP contribution in [0.3, 0.4) is 0 Å². The molecule has 2 nitrogen and oxygen atoms in total. The maximum absolute atomic E-state index is 5.48. The summed E-state index contributed by atoms with van der Waals surface area (Å²) in [6.45, 7) is 4.01. The van der Waals surface area contributed by atoms with Crippen LogP contribution in [0.2, 0.25) is 0 Å². The van der Waals surface area contributed by atoms with E-state index >= 15 is 0 Å². The van der Waals surface area contributed by atoms with Gasteiger partial charge in [-0.2, -0.15) is 0 Å². The number of hydrogen-bond donors (Lipinski definition) is 1. The van der Waals surface area contributed by atoms with Gasteiger partial charge in [-0.25, -0.2) is 0 Å². The van der Waals surface area contributed by atoms with Gasteiger partial charge < -0.3 is 9.72 Å². The Kier molecular flexibility index (Phi) is 3.30. The number of H-pyrrole nitrogens is 1. The summed E-state index contributed by atoms with van der Waals surface area (Å²) >= 11 is 0. The molecule has 0 saturated carbocycles. The van der Waals surface area contributed by atoms with Gasteiger partial charge in [0.05, 0.1) is 7.11 Å². The molecular formula is C18H17NO. The molecule has 20 heavy (non-hydrogen) atoms. The van der Waals surface area contributed by atoms with Crippen LogP contribution in [-0.2, 0) is 0 Å². The summed E-state index contributed by atoms with van der Waals surface area (Å²) in [5.41, 5.74) is 3.50. The molecule has 1 aromatic heterocycles. The van der Waals surface area contributed by atoms with Crippen LogP contribution in [0.4, 0.5) is 0 Å². The number of nitrogens with one attached hydrogen (secondary N) is 1. The minimum absolute atomic E-state index is 0.113. The van der Waals surface area contributed by atoms with Crippen molar-refractivity contribution in [3.8, 4) is 5.75 Å². The molecule has 0 bridgehead atoms. The third-order valence-electron chi connectivity index (χ3n) is 3.67. The topological polar surface area (TPSA) is 25.0 Å². The Morgan fingerprint density at radius 3 is 2.60 bits per heavy atom. The number of allylic oxidation sites excluding steroid dienone is 1. The predicted octanol–water partition coefficient (Wildman–Crippen LogP) is 4.49. The van der Waals surface area contributed by atoms with E-state index in [0.717, 1.165) is 16.8 Å². The standard InChI is InChI=1S/C18H17NO/c1-3-13(15-9-5-7-11-18(15)20-2)16-12-19-17-10-6-4-8-14(16)17/h3-13,19H,1H2,2H3/t13-/m0/s1. The Hall–Kier alpha value is -2.48. The van der Waals surface area contributed by atoms with Crippen molar-refractivity contribution in [2.45, 2.75) is 5.92 Å². The molecule has 2 heteroatoms. The summed E-state index contributed by atoms with van der Waals surface area (Å²) in [5.74, 6) is 1.00. The molecule has 2 aromatic carbocycles. The van der Waals surface area contributed by atoms with Gasteiger partial charge in [-0.3, -0.25) is 0 Å². The number of ether oxygens (including phenoxy) is 1. The molecule has 3 aromatic rings. The second-order valence-electron chi connectivity index (χ2n) is 4.74. The number of aromatic amines is 1. The van der Waals surface area contributed by atoms with Crippen molar-refractivity contribution >= 4 is 10.9 Å². The van der Waals surface area contributed by atoms with E-state index in [9.17, 15) is 0 Å². The molecule has 100 valence electrons. The number of benzene rings is 2. The first-order valence-electron chi connectivity index (χ1n) is 6.66. The van der Waals surface area contributed by atoms with Crippen LogP contribution >= 0.6 is 0 Å².